The van der Waals surface area contributed by atoms with Crippen LogP contribution in [0.25, 0.3) is 142 Å². The smallest absolute Gasteiger partial charge is 0.0620 e. The van der Waals surface area contributed by atoms with Crippen LogP contribution in [0.2, 0.25) is 0 Å². The van der Waals surface area contributed by atoms with Crippen molar-refractivity contribution in [3.63, 3.8) is 0 Å². The molecule has 15 aromatic rings. The first-order valence-corrected chi connectivity index (χ1v) is 24.2. The molecule has 0 aliphatic rings. The van der Waals surface area contributed by atoms with Gasteiger partial charge in [-0.15, -0.1) is 0 Å². The number of hydrogen-bond donors (Lipinski definition) is 0. The Morgan fingerprint density at radius 3 is 1.03 bits per heavy atom. The van der Waals surface area contributed by atoms with E-state index in [0.717, 1.165) is 0 Å². The summed E-state index contributed by atoms with van der Waals surface area (Å²) in [6, 6.07) is 70.2. The van der Waals surface area contributed by atoms with E-state index in [2.05, 4.69) is 232 Å². The molecule has 15 rings (SSSR count). The first kappa shape index (κ1) is 38.2. The molecule has 11 aromatic carbocycles. The molecule has 0 radical (unpaired) electrons. The van der Waals surface area contributed by atoms with Crippen LogP contribution >= 0.6 is 0 Å². The fourth-order valence-corrected chi connectivity index (χ4v) is 12.4. The lowest BCUT2D eigenvalue weighted by atomic mass is 9.84. The Morgan fingerprint density at radius 2 is 0.632 bits per heavy atom. The first-order valence-electron chi connectivity index (χ1n) is 24.2. The molecule has 0 unspecified atom stereocenters. The zero-order chi connectivity index (χ0) is 45.5. The van der Waals surface area contributed by atoms with Gasteiger partial charge < -0.3 is 8.80 Å². The third-order valence-electron chi connectivity index (χ3n) is 15.8. The molecule has 0 bridgehead atoms. The van der Waals surface area contributed by atoms with E-state index in [1.807, 2.05) is 0 Å². The van der Waals surface area contributed by atoms with Crippen molar-refractivity contribution in [2.24, 2.45) is 0 Å². The first-order chi connectivity index (χ1) is 33.0. The van der Waals surface area contributed by atoms with Crippen LogP contribution in [-0.4, -0.2) is 8.80 Å². The van der Waals surface area contributed by atoms with Gasteiger partial charge >= 0.3 is 0 Å². The van der Waals surface area contributed by atoms with Gasteiger partial charge in [0.25, 0.3) is 0 Å². The van der Waals surface area contributed by atoms with Gasteiger partial charge in [-0.3, -0.25) is 0 Å². The van der Waals surface area contributed by atoms with Crippen molar-refractivity contribution in [3.05, 3.63) is 193 Å². The van der Waals surface area contributed by atoms with E-state index < -0.39 is 0 Å². The largest absolute Gasteiger partial charge is 0.308 e. The molecular weight excluding hydrogens is 821 g/mol. The zero-order valence-corrected chi connectivity index (χ0v) is 39.2. The summed E-state index contributed by atoms with van der Waals surface area (Å²) in [5.41, 5.74) is 15.4. The topological polar surface area (TPSA) is 8.82 Å². The highest BCUT2D eigenvalue weighted by atomic mass is 14.9. The fourth-order valence-electron chi connectivity index (χ4n) is 12.4. The maximum atomic E-state index is 2.57. The summed E-state index contributed by atoms with van der Waals surface area (Å²) in [5.74, 6) is 0. The molecule has 0 aliphatic heterocycles. The van der Waals surface area contributed by atoms with Gasteiger partial charge in [-0.05, 0) is 148 Å². The van der Waals surface area contributed by atoms with Crippen molar-refractivity contribution in [2.45, 2.75) is 52.4 Å². The number of aromatic nitrogens is 2. The fraction of sp³-hybridized carbons (Fsp3) is 0.121. The minimum Gasteiger partial charge on any atom is -0.308 e. The summed E-state index contributed by atoms with van der Waals surface area (Å²) in [5, 5.41) is 20.5. The highest BCUT2D eigenvalue weighted by Gasteiger charge is 2.27. The highest BCUT2D eigenvalue weighted by molar-refractivity contribution is 6.32. The summed E-state index contributed by atoms with van der Waals surface area (Å²) in [6.45, 7) is 13.9. The monoisotopic (exact) mass is 868 g/mol. The van der Waals surface area contributed by atoms with Crippen LogP contribution in [0.3, 0.4) is 0 Å². The van der Waals surface area contributed by atoms with Crippen LogP contribution in [0.5, 0.6) is 0 Å². The summed E-state index contributed by atoms with van der Waals surface area (Å²) in [7, 11) is 0. The molecule has 2 heteroatoms. The lowest BCUT2D eigenvalue weighted by Gasteiger charge is -2.20. The normalized spacial score (nSPS) is 13.1. The van der Waals surface area contributed by atoms with Crippen molar-refractivity contribution in [3.8, 4) is 22.3 Å². The molecule has 4 heterocycles. The Labute approximate surface area is 393 Å². The molecule has 2 nitrogen and oxygen atoms in total. The van der Waals surface area contributed by atoms with Crippen molar-refractivity contribution in [1.29, 1.82) is 0 Å². The van der Waals surface area contributed by atoms with Gasteiger partial charge in [0.1, 0.15) is 0 Å². The molecule has 0 spiro atoms. The summed E-state index contributed by atoms with van der Waals surface area (Å²) in [4.78, 5) is 0. The maximum Gasteiger partial charge on any atom is 0.0620 e. The van der Waals surface area contributed by atoms with E-state index >= 15 is 0 Å². The summed E-state index contributed by atoms with van der Waals surface area (Å²) in [6.07, 6.45) is 0. The van der Waals surface area contributed by atoms with Gasteiger partial charge in [-0.25, -0.2) is 0 Å². The average Bonchev–Trinajstić information content (AvgIpc) is 4.07. The Balaban J connectivity index is 1.17. The number of fused-ring (bicyclic) bond motifs is 16. The SMILES string of the molecule is CC(C)(C)c1ccc2c(c1)c1cccc3c4cc5c(-c6ccc7ccccc7c6)c6cc7c(cc6c(-c6ccc8ccccc8c6)c5cc4n2c13)c1cccc2c3cc(C(C)(C)C)ccc3n7c21. The van der Waals surface area contributed by atoms with Gasteiger partial charge in [0, 0.05) is 43.1 Å². The van der Waals surface area contributed by atoms with Gasteiger partial charge in [0.2, 0.25) is 0 Å². The molecule has 0 atom stereocenters. The van der Waals surface area contributed by atoms with Crippen molar-refractivity contribution >= 4 is 119 Å². The molecule has 0 saturated heterocycles. The minimum atomic E-state index is 0.0461. The van der Waals surface area contributed by atoms with E-state index in [1.165, 1.54) is 153 Å². The third kappa shape index (κ3) is 5.02. The second kappa shape index (κ2) is 12.9. The average molecular weight is 869 g/mol. The Morgan fingerprint density at radius 1 is 0.265 bits per heavy atom. The Hall–Kier alpha value is -7.94. The van der Waals surface area contributed by atoms with Crippen molar-refractivity contribution < 1.29 is 0 Å². The predicted molar refractivity (Wildman–Crippen MR) is 294 cm³/mol. The lowest BCUT2D eigenvalue weighted by Crippen LogP contribution is -2.10. The van der Waals surface area contributed by atoms with Gasteiger partial charge in [0.05, 0.1) is 33.1 Å². The second-order valence-electron chi connectivity index (χ2n) is 21.7. The van der Waals surface area contributed by atoms with Crippen molar-refractivity contribution in [2.75, 3.05) is 0 Å². The Kier molecular flexibility index (Phi) is 7.27. The van der Waals surface area contributed by atoms with Crippen molar-refractivity contribution in [1.82, 2.24) is 8.80 Å². The van der Waals surface area contributed by atoms with Crippen LogP contribution < -0.4 is 0 Å². The predicted octanol–water partition coefficient (Wildman–Crippen LogP) is 18.5. The summed E-state index contributed by atoms with van der Waals surface area (Å²) < 4.78 is 5.14. The van der Waals surface area contributed by atoms with Crippen LogP contribution in [0.1, 0.15) is 52.7 Å². The van der Waals surface area contributed by atoms with Crippen LogP contribution in [0, 0.1) is 0 Å². The molecule has 68 heavy (non-hydrogen) atoms. The van der Waals surface area contributed by atoms with Gasteiger partial charge in [-0.1, -0.05) is 163 Å². The van der Waals surface area contributed by atoms with Crippen LogP contribution in [0.4, 0.5) is 0 Å². The minimum absolute atomic E-state index is 0.0461. The van der Waals surface area contributed by atoms with E-state index in [4.69, 9.17) is 0 Å². The summed E-state index contributed by atoms with van der Waals surface area (Å²) >= 11 is 0. The molecule has 0 aliphatic carbocycles. The van der Waals surface area contributed by atoms with Crippen LogP contribution in [-0.2, 0) is 10.8 Å². The molecule has 0 amide bonds. The van der Waals surface area contributed by atoms with E-state index in [-0.39, 0.29) is 10.8 Å². The lowest BCUT2D eigenvalue weighted by molar-refractivity contribution is 0.591. The quantitative estimate of drug-likeness (QED) is 0.153. The Bertz CT molecular complexity index is 4370. The number of para-hydroxylation sites is 2. The second-order valence-corrected chi connectivity index (χ2v) is 21.7. The number of benzene rings is 11. The molecule has 0 saturated carbocycles. The van der Waals surface area contributed by atoms with Crippen LogP contribution in [0.15, 0.2) is 182 Å². The van der Waals surface area contributed by atoms with Gasteiger partial charge in [-0.2, -0.15) is 0 Å². The molecular formula is C66H48N2. The van der Waals surface area contributed by atoms with E-state index in [1.54, 1.807) is 0 Å². The molecule has 0 fully saturated rings. The maximum absolute atomic E-state index is 2.57. The molecule has 322 valence electrons. The zero-order valence-electron chi connectivity index (χ0n) is 39.2. The molecule has 4 aromatic heterocycles. The van der Waals surface area contributed by atoms with E-state index in [9.17, 15) is 0 Å². The molecule has 0 N–H and O–H groups in total. The highest BCUT2D eigenvalue weighted by Crippen LogP contribution is 2.51. The number of nitrogens with zero attached hydrogens (tertiary/aromatic N) is 2. The third-order valence-corrected chi connectivity index (χ3v) is 15.8. The van der Waals surface area contributed by atoms with Gasteiger partial charge in [0.15, 0.2) is 0 Å². The number of rotatable bonds is 2. The number of hydrogen-bond acceptors (Lipinski definition) is 0. The standard InChI is InChI=1S/C66H48N2/c1-65(2,3)43-25-27-57-49(31-43)45-17-11-19-47-51-33-53-55(35-59(51)67(57)63(45)47)61(41-23-21-37-13-7-9-15-39(37)29-41)54-34-52-48-20-12-18-46-50-32-44(66(4,5)6)26-28-58(50)68(64(46)48)60(52)36-56(54)62(53)42-24-22-38-14-8-10-16-40(38)30-42/h7-36H,1-6H3. The van der Waals surface area contributed by atoms with E-state index in [0.29, 0.717) is 0 Å².